The van der Waals surface area contributed by atoms with Crippen molar-refractivity contribution < 1.29 is 5.11 Å². The topological polar surface area (TPSA) is 23.5 Å². The predicted molar refractivity (Wildman–Crippen MR) is 63.4 cm³/mol. The minimum absolute atomic E-state index is 0.153. The Balaban J connectivity index is 2.20. The Hall–Kier alpha value is -1.02. The average Bonchev–Trinajstić information content (AvgIpc) is 2.16. The lowest BCUT2D eigenvalue weighted by Gasteiger charge is -2.32. The van der Waals surface area contributed by atoms with Crippen molar-refractivity contribution in [2.45, 2.75) is 32.8 Å². The Labute approximate surface area is 91.5 Å². The SMILES string of the molecule is Cc1cc(C)cc(N2CCCC(O)C2)c1. The maximum Gasteiger partial charge on any atom is 0.0715 e. The van der Waals surface area contributed by atoms with Crippen LogP contribution in [-0.4, -0.2) is 24.3 Å². The van der Waals surface area contributed by atoms with Gasteiger partial charge in [-0.05, 0) is 49.9 Å². The second kappa shape index (κ2) is 4.23. The summed E-state index contributed by atoms with van der Waals surface area (Å²) in [5, 5.41) is 9.64. The molecule has 2 heteroatoms. The van der Waals surface area contributed by atoms with Gasteiger partial charge in [-0.15, -0.1) is 0 Å². The number of β-amino-alcohol motifs (C(OH)–C–C–N with tert-alkyl or cyclic N) is 1. The zero-order valence-corrected chi connectivity index (χ0v) is 9.53. The summed E-state index contributed by atoms with van der Waals surface area (Å²) in [6.07, 6.45) is 1.88. The van der Waals surface area contributed by atoms with Gasteiger partial charge < -0.3 is 10.0 Å². The van der Waals surface area contributed by atoms with E-state index in [0.717, 1.165) is 25.9 Å². The first-order chi connectivity index (χ1) is 7.15. The van der Waals surface area contributed by atoms with E-state index in [1.54, 1.807) is 0 Å². The first-order valence-electron chi connectivity index (χ1n) is 5.66. The third-order valence-corrected chi connectivity index (χ3v) is 2.97. The number of piperidine rings is 1. The molecule has 0 saturated carbocycles. The molecule has 0 amide bonds. The van der Waals surface area contributed by atoms with Crippen molar-refractivity contribution in [1.82, 2.24) is 0 Å². The van der Waals surface area contributed by atoms with E-state index < -0.39 is 0 Å². The molecule has 1 fully saturated rings. The van der Waals surface area contributed by atoms with Crippen molar-refractivity contribution in [3.05, 3.63) is 29.3 Å². The van der Waals surface area contributed by atoms with Crippen molar-refractivity contribution in [2.24, 2.45) is 0 Å². The van der Waals surface area contributed by atoms with Crippen LogP contribution in [-0.2, 0) is 0 Å². The van der Waals surface area contributed by atoms with E-state index in [4.69, 9.17) is 0 Å². The van der Waals surface area contributed by atoms with Gasteiger partial charge in [0, 0.05) is 18.8 Å². The minimum Gasteiger partial charge on any atom is -0.391 e. The molecule has 0 radical (unpaired) electrons. The molecule has 1 unspecified atom stereocenters. The number of rotatable bonds is 1. The number of aliphatic hydroxyl groups is 1. The molecule has 15 heavy (non-hydrogen) atoms. The molecule has 2 nitrogen and oxygen atoms in total. The highest BCUT2D eigenvalue weighted by atomic mass is 16.3. The van der Waals surface area contributed by atoms with Crippen LogP contribution in [0.1, 0.15) is 24.0 Å². The molecule has 1 aromatic rings. The van der Waals surface area contributed by atoms with Crippen LogP contribution in [0.5, 0.6) is 0 Å². The molecule has 1 saturated heterocycles. The fraction of sp³-hybridized carbons (Fsp3) is 0.538. The Kier molecular flexibility index (Phi) is 2.96. The summed E-state index contributed by atoms with van der Waals surface area (Å²) in [7, 11) is 0. The van der Waals surface area contributed by atoms with Crippen molar-refractivity contribution >= 4 is 5.69 Å². The van der Waals surface area contributed by atoms with E-state index in [-0.39, 0.29) is 6.10 Å². The number of hydrogen-bond acceptors (Lipinski definition) is 2. The quantitative estimate of drug-likeness (QED) is 0.760. The first-order valence-corrected chi connectivity index (χ1v) is 5.66. The van der Waals surface area contributed by atoms with Gasteiger partial charge in [-0.25, -0.2) is 0 Å². The zero-order chi connectivity index (χ0) is 10.8. The maximum atomic E-state index is 9.64. The minimum atomic E-state index is -0.153. The molecule has 2 rings (SSSR count). The molecule has 1 N–H and O–H groups in total. The molecule has 0 bridgehead atoms. The number of nitrogens with zero attached hydrogens (tertiary/aromatic N) is 1. The lowest BCUT2D eigenvalue weighted by molar-refractivity contribution is 0.154. The monoisotopic (exact) mass is 205 g/mol. The highest BCUT2D eigenvalue weighted by Crippen LogP contribution is 2.22. The van der Waals surface area contributed by atoms with Crippen molar-refractivity contribution in [1.29, 1.82) is 0 Å². The molecule has 1 aliphatic heterocycles. The highest BCUT2D eigenvalue weighted by molar-refractivity contribution is 5.51. The molecule has 0 spiro atoms. The Morgan fingerprint density at radius 1 is 1.20 bits per heavy atom. The molecule has 1 atom stereocenters. The molecule has 82 valence electrons. The fourth-order valence-corrected chi connectivity index (χ4v) is 2.32. The van der Waals surface area contributed by atoms with Crippen LogP contribution in [0.15, 0.2) is 18.2 Å². The van der Waals surface area contributed by atoms with E-state index in [1.165, 1.54) is 16.8 Å². The van der Waals surface area contributed by atoms with Crippen LogP contribution < -0.4 is 4.90 Å². The van der Waals surface area contributed by atoms with Crippen LogP contribution in [0.3, 0.4) is 0 Å². The average molecular weight is 205 g/mol. The first kappa shape index (κ1) is 10.5. The predicted octanol–water partition coefficient (Wildman–Crippen LogP) is 2.26. The van der Waals surface area contributed by atoms with Crippen molar-refractivity contribution in [2.75, 3.05) is 18.0 Å². The zero-order valence-electron chi connectivity index (χ0n) is 9.53. The van der Waals surface area contributed by atoms with Crippen LogP contribution in [0.4, 0.5) is 5.69 Å². The van der Waals surface area contributed by atoms with Gasteiger partial charge in [-0.1, -0.05) is 6.07 Å². The summed E-state index contributed by atoms with van der Waals surface area (Å²) in [5.74, 6) is 0. The lowest BCUT2D eigenvalue weighted by Crippen LogP contribution is -2.38. The second-order valence-corrected chi connectivity index (χ2v) is 4.59. The number of hydrogen-bond donors (Lipinski definition) is 1. The second-order valence-electron chi connectivity index (χ2n) is 4.59. The third kappa shape index (κ3) is 2.51. The van der Waals surface area contributed by atoms with Crippen molar-refractivity contribution in [3.8, 4) is 0 Å². The van der Waals surface area contributed by atoms with Crippen LogP contribution in [0.25, 0.3) is 0 Å². The van der Waals surface area contributed by atoms with E-state index >= 15 is 0 Å². The van der Waals surface area contributed by atoms with Gasteiger partial charge in [0.15, 0.2) is 0 Å². The van der Waals surface area contributed by atoms with Gasteiger partial charge in [0.1, 0.15) is 0 Å². The summed E-state index contributed by atoms with van der Waals surface area (Å²) < 4.78 is 0. The molecule has 1 heterocycles. The third-order valence-electron chi connectivity index (χ3n) is 2.97. The highest BCUT2D eigenvalue weighted by Gasteiger charge is 2.17. The molecule has 1 aromatic carbocycles. The van der Waals surface area contributed by atoms with Crippen LogP contribution >= 0.6 is 0 Å². The van der Waals surface area contributed by atoms with Crippen molar-refractivity contribution in [3.63, 3.8) is 0 Å². The summed E-state index contributed by atoms with van der Waals surface area (Å²) in [6.45, 7) is 6.09. The Morgan fingerprint density at radius 2 is 1.87 bits per heavy atom. The van der Waals surface area contributed by atoms with Gasteiger partial charge in [0.05, 0.1) is 6.10 Å². The smallest absolute Gasteiger partial charge is 0.0715 e. The largest absolute Gasteiger partial charge is 0.391 e. The van der Waals surface area contributed by atoms with E-state index in [2.05, 4.69) is 36.9 Å². The molecule has 1 aliphatic rings. The number of benzene rings is 1. The standard InChI is InChI=1S/C13H19NO/c1-10-6-11(2)8-12(7-10)14-5-3-4-13(15)9-14/h6-8,13,15H,3-5,9H2,1-2H3. The molecular weight excluding hydrogens is 186 g/mol. The maximum absolute atomic E-state index is 9.64. The summed E-state index contributed by atoms with van der Waals surface area (Å²) in [4.78, 5) is 2.29. The van der Waals surface area contributed by atoms with Gasteiger partial charge in [0.2, 0.25) is 0 Å². The lowest BCUT2D eigenvalue weighted by atomic mass is 10.1. The van der Waals surface area contributed by atoms with E-state index in [0.29, 0.717) is 0 Å². The number of aryl methyl sites for hydroxylation is 2. The van der Waals surface area contributed by atoms with Gasteiger partial charge in [0.25, 0.3) is 0 Å². The molecule has 0 aromatic heterocycles. The van der Waals surface area contributed by atoms with Gasteiger partial charge >= 0.3 is 0 Å². The molecular formula is C13H19NO. The normalized spacial score (nSPS) is 21.8. The molecule has 0 aliphatic carbocycles. The summed E-state index contributed by atoms with van der Waals surface area (Å²) in [5.41, 5.74) is 3.85. The Bertz CT molecular complexity index is 328. The number of aliphatic hydroxyl groups excluding tert-OH is 1. The van der Waals surface area contributed by atoms with Gasteiger partial charge in [-0.2, -0.15) is 0 Å². The Morgan fingerprint density at radius 3 is 2.47 bits per heavy atom. The van der Waals surface area contributed by atoms with Gasteiger partial charge in [-0.3, -0.25) is 0 Å². The number of anilines is 1. The summed E-state index contributed by atoms with van der Waals surface area (Å²) >= 11 is 0. The fourth-order valence-electron chi connectivity index (χ4n) is 2.32. The van der Waals surface area contributed by atoms with Crippen LogP contribution in [0, 0.1) is 13.8 Å². The summed E-state index contributed by atoms with van der Waals surface area (Å²) in [6, 6.07) is 6.58. The van der Waals surface area contributed by atoms with E-state index in [1.807, 2.05) is 0 Å². The van der Waals surface area contributed by atoms with E-state index in [9.17, 15) is 5.11 Å². The van der Waals surface area contributed by atoms with Crippen LogP contribution in [0.2, 0.25) is 0 Å².